The molecule has 1 aliphatic rings. The van der Waals surface area contributed by atoms with Gasteiger partial charge in [0.2, 0.25) is 5.95 Å². The highest BCUT2D eigenvalue weighted by Crippen LogP contribution is 2.25. The second-order valence-electron chi connectivity index (χ2n) is 5.21. The average molecular weight is 276 g/mol. The molecule has 1 fully saturated rings. The molecule has 0 atom stereocenters. The van der Waals surface area contributed by atoms with Gasteiger partial charge in [0.25, 0.3) is 0 Å². The zero-order chi connectivity index (χ0) is 13.9. The Morgan fingerprint density at radius 3 is 2.85 bits per heavy atom. The van der Waals surface area contributed by atoms with Gasteiger partial charge in [-0.2, -0.15) is 15.1 Å². The lowest BCUT2D eigenvalue weighted by Gasteiger charge is -2.26. The number of aromatic nitrogens is 4. The van der Waals surface area contributed by atoms with Crippen molar-refractivity contribution in [2.45, 2.75) is 44.8 Å². The van der Waals surface area contributed by atoms with Crippen LogP contribution in [0.1, 0.15) is 32.6 Å². The van der Waals surface area contributed by atoms with Crippen molar-refractivity contribution < 1.29 is 5.11 Å². The lowest BCUT2D eigenvalue weighted by Crippen LogP contribution is -2.28. The normalized spacial score (nSPS) is 22.9. The van der Waals surface area contributed by atoms with E-state index < -0.39 is 0 Å². The summed E-state index contributed by atoms with van der Waals surface area (Å²) in [5.74, 6) is 1.41. The summed E-state index contributed by atoms with van der Waals surface area (Å²) in [6, 6.07) is 0.348. The predicted molar refractivity (Wildman–Crippen MR) is 77.7 cm³/mol. The zero-order valence-corrected chi connectivity index (χ0v) is 11.6. The topological polar surface area (TPSA) is 98.8 Å². The van der Waals surface area contributed by atoms with Crippen molar-refractivity contribution in [3.05, 3.63) is 6.20 Å². The Balaban J connectivity index is 1.83. The molecule has 0 spiro atoms. The molecule has 3 rings (SSSR count). The van der Waals surface area contributed by atoms with Crippen molar-refractivity contribution in [2.75, 3.05) is 17.2 Å². The Labute approximate surface area is 117 Å². The van der Waals surface area contributed by atoms with Crippen LogP contribution in [0.5, 0.6) is 0 Å². The minimum absolute atomic E-state index is 0.148. The quantitative estimate of drug-likeness (QED) is 0.675. The van der Waals surface area contributed by atoms with E-state index in [9.17, 15) is 5.11 Å². The fourth-order valence-electron chi connectivity index (χ4n) is 2.60. The summed E-state index contributed by atoms with van der Waals surface area (Å²) in [4.78, 5) is 8.89. The minimum atomic E-state index is -0.148. The van der Waals surface area contributed by atoms with E-state index in [4.69, 9.17) is 0 Å². The Morgan fingerprint density at radius 1 is 1.30 bits per heavy atom. The van der Waals surface area contributed by atoms with Crippen LogP contribution in [0.3, 0.4) is 0 Å². The van der Waals surface area contributed by atoms with E-state index in [1.807, 2.05) is 6.92 Å². The van der Waals surface area contributed by atoms with Crippen molar-refractivity contribution in [2.24, 2.45) is 0 Å². The molecule has 7 nitrogen and oxygen atoms in total. The lowest BCUT2D eigenvalue weighted by molar-refractivity contribution is 0.126. The van der Waals surface area contributed by atoms with Gasteiger partial charge in [-0.05, 0) is 32.6 Å². The predicted octanol–water partition coefficient (Wildman–Crippen LogP) is 1.50. The molecule has 7 heteroatoms. The number of hydrogen-bond acceptors (Lipinski definition) is 6. The fourth-order valence-corrected chi connectivity index (χ4v) is 2.60. The molecule has 1 aliphatic carbocycles. The van der Waals surface area contributed by atoms with Gasteiger partial charge >= 0.3 is 0 Å². The van der Waals surface area contributed by atoms with E-state index in [-0.39, 0.29) is 6.10 Å². The molecule has 0 amide bonds. The molecule has 108 valence electrons. The maximum Gasteiger partial charge on any atom is 0.226 e. The monoisotopic (exact) mass is 276 g/mol. The number of hydrogen-bond donors (Lipinski definition) is 4. The van der Waals surface area contributed by atoms with Gasteiger partial charge in [-0.15, -0.1) is 0 Å². The van der Waals surface area contributed by atoms with Crippen molar-refractivity contribution >= 4 is 22.8 Å². The van der Waals surface area contributed by atoms with Gasteiger partial charge < -0.3 is 15.7 Å². The van der Waals surface area contributed by atoms with Crippen LogP contribution in [0, 0.1) is 0 Å². The molecule has 2 heterocycles. The molecule has 1 saturated carbocycles. The summed E-state index contributed by atoms with van der Waals surface area (Å²) in [6.07, 6.45) is 5.20. The number of H-pyrrole nitrogens is 1. The Hall–Kier alpha value is -1.89. The molecule has 0 radical (unpaired) electrons. The zero-order valence-electron chi connectivity index (χ0n) is 11.6. The molecule has 2 aromatic rings. The maximum absolute atomic E-state index is 9.57. The van der Waals surface area contributed by atoms with Gasteiger partial charge in [-0.3, -0.25) is 5.10 Å². The molecular formula is C13H20N6O. The molecule has 0 bridgehead atoms. The first-order chi connectivity index (χ1) is 9.76. The second kappa shape index (κ2) is 5.62. The largest absolute Gasteiger partial charge is 0.393 e. The molecule has 0 saturated heterocycles. The Morgan fingerprint density at radius 2 is 2.10 bits per heavy atom. The van der Waals surface area contributed by atoms with E-state index >= 15 is 0 Å². The van der Waals surface area contributed by atoms with Gasteiger partial charge in [-0.25, -0.2) is 0 Å². The molecule has 20 heavy (non-hydrogen) atoms. The highest BCUT2D eigenvalue weighted by molar-refractivity contribution is 5.87. The number of aromatic amines is 1. The average Bonchev–Trinajstić information content (AvgIpc) is 2.90. The Bertz CT molecular complexity index is 575. The molecule has 2 aromatic heterocycles. The van der Waals surface area contributed by atoms with Crippen molar-refractivity contribution in [1.29, 1.82) is 0 Å². The number of nitrogens with zero attached hydrogens (tertiary/aromatic N) is 3. The molecule has 0 unspecified atom stereocenters. The lowest BCUT2D eigenvalue weighted by atomic mass is 9.93. The van der Waals surface area contributed by atoms with Crippen molar-refractivity contribution in [1.82, 2.24) is 20.2 Å². The van der Waals surface area contributed by atoms with E-state index in [2.05, 4.69) is 30.8 Å². The highest BCUT2D eigenvalue weighted by Gasteiger charge is 2.20. The summed E-state index contributed by atoms with van der Waals surface area (Å²) in [7, 11) is 0. The minimum Gasteiger partial charge on any atom is -0.393 e. The number of nitrogens with one attached hydrogen (secondary N) is 3. The van der Waals surface area contributed by atoms with Crippen LogP contribution < -0.4 is 10.6 Å². The number of aliphatic hydroxyl groups excluding tert-OH is 1. The van der Waals surface area contributed by atoms with Crippen LogP contribution in [-0.2, 0) is 0 Å². The van der Waals surface area contributed by atoms with Gasteiger partial charge in [0, 0.05) is 12.6 Å². The van der Waals surface area contributed by atoms with Crippen LogP contribution in [0.15, 0.2) is 6.20 Å². The highest BCUT2D eigenvalue weighted by atomic mass is 16.3. The maximum atomic E-state index is 9.57. The third-order valence-electron chi connectivity index (χ3n) is 3.68. The fraction of sp³-hybridized carbons (Fsp3) is 0.615. The first-order valence-corrected chi connectivity index (χ1v) is 7.16. The number of fused-ring (bicyclic) bond motifs is 1. The summed E-state index contributed by atoms with van der Waals surface area (Å²) in [6.45, 7) is 2.78. The second-order valence-corrected chi connectivity index (χ2v) is 5.21. The standard InChI is InChI=1S/C13H20N6O/c1-2-14-13-17-11(10-7-15-19-12(10)18-13)16-8-3-5-9(20)6-4-8/h7-9,20H,2-6H2,1H3,(H3,14,15,16,17,18,19). The first-order valence-electron chi connectivity index (χ1n) is 7.16. The van der Waals surface area contributed by atoms with Gasteiger partial charge in [-0.1, -0.05) is 0 Å². The van der Waals surface area contributed by atoms with Crippen LogP contribution >= 0.6 is 0 Å². The van der Waals surface area contributed by atoms with Crippen LogP contribution in [-0.4, -0.2) is 44.0 Å². The summed E-state index contributed by atoms with van der Waals surface area (Å²) in [5, 5.41) is 24.0. The smallest absolute Gasteiger partial charge is 0.226 e. The molecule has 0 aromatic carbocycles. The van der Waals surface area contributed by atoms with Gasteiger partial charge in [0.05, 0.1) is 17.7 Å². The van der Waals surface area contributed by atoms with Crippen LogP contribution in [0.25, 0.3) is 11.0 Å². The summed E-state index contributed by atoms with van der Waals surface area (Å²) >= 11 is 0. The number of anilines is 2. The molecule has 0 aliphatic heterocycles. The molecule has 4 N–H and O–H groups in total. The van der Waals surface area contributed by atoms with Gasteiger partial charge in [0.15, 0.2) is 5.65 Å². The molecular weight excluding hydrogens is 256 g/mol. The third kappa shape index (κ3) is 2.67. The third-order valence-corrected chi connectivity index (χ3v) is 3.68. The van der Waals surface area contributed by atoms with Gasteiger partial charge in [0.1, 0.15) is 5.82 Å². The van der Waals surface area contributed by atoms with Crippen LogP contribution in [0.2, 0.25) is 0 Å². The van der Waals surface area contributed by atoms with E-state index in [1.165, 1.54) is 0 Å². The number of aliphatic hydroxyl groups is 1. The van der Waals surface area contributed by atoms with Crippen molar-refractivity contribution in [3.8, 4) is 0 Å². The first kappa shape index (κ1) is 13.1. The summed E-state index contributed by atoms with van der Waals surface area (Å²) < 4.78 is 0. The van der Waals surface area contributed by atoms with E-state index in [0.29, 0.717) is 12.0 Å². The van der Waals surface area contributed by atoms with Crippen molar-refractivity contribution in [3.63, 3.8) is 0 Å². The number of rotatable bonds is 4. The Kier molecular flexibility index (Phi) is 3.68. The summed E-state index contributed by atoms with van der Waals surface area (Å²) in [5.41, 5.74) is 0.731. The van der Waals surface area contributed by atoms with E-state index in [0.717, 1.165) is 49.1 Å². The van der Waals surface area contributed by atoms with Crippen LogP contribution in [0.4, 0.5) is 11.8 Å². The SMILES string of the molecule is CCNc1nc(NC2CCC(O)CC2)c2cn[nH]c2n1. The van der Waals surface area contributed by atoms with E-state index in [1.54, 1.807) is 6.20 Å².